The van der Waals surface area contributed by atoms with Gasteiger partial charge in [-0.25, -0.2) is 4.68 Å². The summed E-state index contributed by atoms with van der Waals surface area (Å²) in [5.41, 5.74) is 7.26. The second-order valence-corrected chi connectivity index (χ2v) is 4.19. The lowest BCUT2D eigenvalue weighted by Crippen LogP contribution is -2.35. The van der Waals surface area contributed by atoms with Gasteiger partial charge in [-0.15, -0.1) is 5.10 Å². The number of hydrogen-bond donors (Lipinski definition) is 2. The predicted molar refractivity (Wildman–Crippen MR) is 70.7 cm³/mol. The van der Waals surface area contributed by atoms with Crippen LogP contribution in [0.15, 0.2) is 30.6 Å². The van der Waals surface area contributed by atoms with Gasteiger partial charge in [-0.2, -0.15) is 0 Å². The van der Waals surface area contributed by atoms with Gasteiger partial charge in [0.05, 0.1) is 11.7 Å². The molecule has 1 aromatic carbocycles. The summed E-state index contributed by atoms with van der Waals surface area (Å²) in [5.74, 6) is -0.169. The monoisotopic (exact) mass is 260 g/mol. The zero-order chi connectivity index (χ0) is 13.7. The summed E-state index contributed by atoms with van der Waals surface area (Å²) in [5, 5.41) is 13.7. The van der Waals surface area contributed by atoms with Crippen LogP contribution in [-0.4, -0.2) is 32.2 Å². The van der Waals surface area contributed by atoms with Gasteiger partial charge >= 0.3 is 0 Å². The number of aromatic nitrogens is 4. The van der Waals surface area contributed by atoms with Gasteiger partial charge in [0, 0.05) is 5.69 Å². The minimum Gasteiger partial charge on any atom is -0.325 e. The molecule has 0 saturated heterocycles. The number of nitrogens with two attached hydrogens (primary N) is 1. The molecule has 7 heteroatoms. The number of anilines is 1. The van der Waals surface area contributed by atoms with Crippen LogP contribution in [0.5, 0.6) is 0 Å². The minimum absolute atomic E-state index is 0.169. The highest BCUT2D eigenvalue weighted by Gasteiger charge is 2.12. The molecule has 0 radical (unpaired) electrons. The molecule has 7 nitrogen and oxygen atoms in total. The summed E-state index contributed by atoms with van der Waals surface area (Å²) < 4.78 is 1.54. The Morgan fingerprint density at radius 1 is 1.42 bits per heavy atom. The van der Waals surface area contributed by atoms with E-state index in [1.165, 1.54) is 11.0 Å². The Morgan fingerprint density at radius 2 is 2.16 bits per heavy atom. The first kappa shape index (κ1) is 13.2. The number of nitrogens with zero attached hydrogens (tertiary/aromatic N) is 4. The maximum absolute atomic E-state index is 11.7. The standard InChI is InChI=1S/C12H16N6O/c1-2-3-11(13)12(19)15-9-4-6-10(7-5-9)18-8-14-16-17-18/h4-8,11H,2-3,13H2,1H3,(H,15,19)/t11-/m0/s1. The highest BCUT2D eigenvalue weighted by atomic mass is 16.2. The normalized spacial score (nSPS) is 12.1. The number of rotatable bonds is 5. The second-order valence-electron chi connectivity index (χ2n) is 4.19. The van der Waals surface area contributed by atoms with Crippen LogP contribution in [0, 0.1) is 0 Å². The number of amides is 1. The van der Waals surface area contributed by atoms with Crippen LogP contribution in [0.3, 0.4) is 0 Å². The fourth-order valence-electron chi connectivity index (χ4n) is 1.65. The fraction of sp³-hybridized carbons (Fsp3) is 0.333. The summed E-state index contributed by atoms with van der Waals surface area (Å²) in [6.07, 6.45) is 3.06. The molecule has 100 valence electrons. The lowest BCUT2D eigenvalue weighted by atomic mass is 10.1. The van der Waals surface area contributed by atoms with Crippen molar-refractivity contribution in [1.82, 2.24) is 20.2 Å². The van der Waals surface area contributed by atoms with E-state index in [1.54, 1.807) is 12.1 Å². The predicted octanol–water partition coefficient (Wildman–Crippen LogP) is 0.728. The lowest BCUT2D eigenvalue weighted by molar-refractivity contribution is -0.117. The number of carbonyl (C=O) groups is 1. The van der Waals surface area contributed by atoms with E-state index in [0.717, 1.165) is 12.1 Å². The van der Waals surface area contributed by atoms with Crippen molar-refractivity contribution >= 4 is 11.6 Å². The van der Waals surface area contributed by atoms with Crippen molar-refractivity contribution in [3.63, 3.8) is 0 Å². The Labute approximate surface area is 110 Å². The van der Waals surface area contributed by atoms with Crippen molar-refractivity contribution in [1.29, 1.82) is 0 Å². The molecule has 0 fully saturated rings. The Balaban J connectivity index is 2.01. The van der Waals surface area contributed by atoms with E-state index in [2.05, 4.69) is 20.8 Å². The van der Waals surface area contributed by atoms with Crippen LogP contribution in [0.4, 0.5) is 5.69 Å². The van der Waals surface area contributed by atoms with Gasteiger partial charge in [-0.1, -0.05) is 13.3 Å². The third-order valence-electron chi connectivity index (χ3n) is 2.68. The summed E-state index contributed by atoms with van der Waals surface area (Å²) in [7, 11) is 0. The number of benzene rings is 1. The van der Waals surface area contributed by atoms with E-state index >= 15 is 0 Å². The van der Waals surface area contributed by atoms with Gasteiger partial charge in [0.2, 0.25) is 5.91 Å². The smallest absolute Gasteiger partial charge is 0.241 e. The number of carbonyl (C=O) groups excluding carboxylic acids is 1. The fourth-order valence-corrected chi connectivity index (χ4v) is 1.65. The third-order valence-corrected chi connectivity index (χ3v) is 2.68. The van der Waals surface area contributed by atoms with Crippen LogP contribution < -0.4 is 11.1 Å². The van der Waals surface area contributed by atoms with Crippen molar-refractivity contribution in [2.75, 3.05) is 5.32 Å². The molecular weight excluding hydrogens is 244 g/mol. The first-order valence-corrected chi connectivity index (χ1v) is 6.10. The molecule has 19 heavy (non-hydrogen) atoms. The average molecular weight is 260 g/mol. The van der Waals surface area contributed by atoms with Crippen molar-refractivity contribution in [2.45, 2.75) is 25.8 Å². The lowest BCUT2D eigenvalue weighted by Gasteiger charge is -2.11. The summed E-state index contributed by atoms with van der Waals surface area (Å²) in [6.45, 7) is 1.99. The minimum atomic E-state index is -0.468. The molecule has 0 aliphatic carbocycles. The van der Waals surface area contributed by atoms with Crippen molar-refractivity contribution in [3.8, 4) is 5.69 Å². The van der Waals surface area contributed by atoms with E-state index < -0.39 is 6.04 Å². The molecular formula is C12H16N6O. The van der Waals surface area contributed by atoms with Crippen LogP contribution >= 0.6 is 0 Å². The Morgan fingerprint density at radius 3 is 2.74 bits per heavy atom. The Kier molecular flexibility index (Phi) is 4.19. The van der Waals surface area contributed by atoms with Crippen LogP contribution in [-0.2, 0) is 4.79 Å². The third kappa shape index (κ3) is 3.35. The first-order chi connectivity index (χ1) is 9.20. The van der Waals surface area contributed by atoms with Gasteiger partial charge in [-0.3, -0.25) is 4.79 Å². The highest BCUT2D eigenvalue weighted by Crippen LogP contribution is 2.12. The summed E-state index contributed by atoms with van der Waals surface area (Å²) in [6, 6.07) is 6.74. The molecule has 0 bridgehead atoms. The molecule has 2 rings (SSSR count). The van der Waals surface area contributed by atoms with E-state index in [1.807, 2.05) is 19.1 Å². The quantitative estimate of drug-likeness (QED) is 0.825. The molecule has 1 atom stereocenters. The molecule has 0 aliphatic heterocycles. The maximum Gasteiger partial charge on any atom is 0.241 e. The molecule has 0 saturated carbocycles. The molecule has 3 N–H and O–H groups in total. The molecule has 2 aromatic rings. The topological polar surface area (TPSA) is 98.7 Å². The SMILES string of the molecule is CCC[C@H](N)C(=O)Nc1ccc(-n2cnnn2)cc1. The molecule has 0 aliphatic rings. The van der Waals surface area contributed by atoms with E-state index in [0.29, 0.717) is 12.1 Å². The molecule has 1 amide bonds. The second kappa shape index (κ2) is 6.05. The molecule has 0 unspecified atom stereocenters. The van der Waals surface area contributed by atoms with Crippen molar-refractivity contribution < 1.29 is 4.79 Å². The molecule has 1 heterocycles. The van der Waals surface area contributed by atoms with E-state index in [9.17, 15) is 4.79 Å². The van der Waals surface area contributed by atoms with Crippen molar-refractivity contribution in [3.05, 3.63) is 30.6 Å². The van der Waals surface area contributed by atoms with Crippen LogP contribution in [0.1, 0.15) is 19.8 Å². The summed E-state index contributed by atoms with van der Waals surface area (Å²) in [4.78, 5) is 11.7. The van der Waals surface area contributed by atoms with Gasteiger partial charge in [0.25, 0.3) is 0 Å². The largest absolute Gasteiger partial charge is 0.325 e. The van der Waals surface area contributed by atoms with Gasteiger partial charge in [0.15, 0.2) is 0 Å². The Hall–Kier alpha value is -2.28. The van der Waals surface area contributed by atoms with Crippen LogP contribution in [0.2, 0.25) is 0 Å². The molecule has 1 aromatic heterocycles. The number of hydrogen-bond acceptors (Lipinski definition) is 5. The van der Waals surface area contributed by atoms with Gasteiger partial charge < -0.3 is 11.1 Å². The number of tetrazole rings is 1. The maximum atomic E-state index is 11.7. The van der Waals surface area contributed by atoms with Crippen molar-refractivity contribution in [2.24, 2.45) is 5.73 Å². The molecule has 0 spiro atoms. The van der Waals surface area contributed by atoms with E-state index in [4.69, 9.17) is 5.73 Å². The zero-order valence-electron chi connectivity index (χ0n) is 10.7. The van der Waals surface area contributed by atoms with E-state index in [-0.39, 0.29) is 5.91 Å². The van der Waals surface area contributed by atoms with Gasteiger partial charge in [0.1, 0.15) is 6.33 Å². The van der Waals surface area contributed by atoms with Crippen LogP contribution in [0.25, 0.3) is 5.69 Å². The Bertz CT molecular complexity index is 522. The summed E-state index contributed by atoms with van der Waals surface area (Å²) >= 11 is 0. The number of nitrogens with one attached hydrogen (secondary N) is 1. The first-order valence-electron chi connectivity index (χ1n) is 6.10. The highest BCUT2D eigenvalue weighted by molar-refractivity contribution is 5.94. The zero-order valence-corrected chi connectivity index (χ0v) is 10.7. The average Bonchev–Trinajstić information content (AvgIpc) is 2.94. The van der Waals surface area contributed by atoms with Gasteiger partial charge in [-0.05, 0) is 41.1 Å².